The highest BCUT2D eigenvalue weighted by molar-refractivity contribution is 7.92. The van der Waals surface area contributed by atoms with Crippen molar-refractivity contribution in [2.75, 3.05) is 17.9 Å². The summed E-state index contributed by atoms with van der Waals surface area (Å²) < 4.78 is 38.5. The van der Waals surface area contributed by atoms with Crippen LogP contribution >= 0.6 is 0 Å². The van der Waals surface area contributed by atoms with Crippen molar-refractivity contribution in [2.24, 2.45) is 0 Å². The fraction of sp³-hybridized carbons (Fsp3) is 0.323. The van der Waals surface area contributed by atoms with Crippen molar-refractivity contribution in [2.45, 2.75) is 57.1 Å². The first-order valence-corrected chi connectivity index (χ1v) is 15.2. The van der Waals surface area contributed by atoms with Crippen LogP contribution in [0.4, 0.5) is 10.5 Å². The van der Waals surface area contributed by atoms with Crippen LogP contribution in [0, 0.1) is 0 Å². The topological polar surface area (TPSA) is 160 Å². The molecule has 0 saturated carbocycles. The van der Waals surface area contributed by atoms with Crippen molar-refractivity contribution in [1.29, 1.82) is 0 Å². The van der Waals surface area contributed by atoms with E-state index in [0.717, 1.165) is 17.2 Å². The van der Waals surface area contributed by atoms with Gasteiger partial charge < -0.3 is 25.2 Å². The number of esters is 1. The predicted molar refractivity (Wildman–Crippen MR) is 161 cm³/mol. The van der Waals surface area contributed by atoms with Gasteiger partial charge in [-0.2, -0.15) is 0 Å². The van der Waals surface area contributed by atoms with E-state index < -0.39 is 45.4 Å². The van der Waals surface area contributed by atoms with Gasteiger partial charge in [-0.15, -0.1) is 0 Å². The smallest absolute Gasteiger partial charge is 0.407 e. The number of hydrogen-bond acceptors (Lipinski definition) is 8. The minimum atomic E-state index is -4.02. The largest absolute Gasteiger partial charge is 0.507 e. The van der Waals surface area contributed by atoms with Crippen molar-refractivity contribution in [1.82, 2.24) is 10.6 Å². The number of alkyl carbamates (subject to hydrolysis) is 1. The number of nitrogens with one attached hydrogen (secondary N) is 3. The number of carbonyl (C=O) groups excluding carboxylic acids is 3. The van der Waals surface area contributed by atoms with Crippen molar-refractivity contribution in [3.63, 3.8) is 0 Å². The molecule has 230 valence electrons. The van der Waals surface area contributed by atoms with Crippen LogP contribution in [-0.4, -0.2) is 56.3 Å². The first-order chi connectivity index (χ1) is 20.3. The monoisotopic (exact) mass is 611 g/mol. The van der Waals surface area contributed by atoms with Gasteiger partial charge in [-0.1, -0.05) is 42.5 Å². The first kappa shape index (κ1) is 32.9. The molecule has 0 aliphatic rings. The Morgan fingerprint density at radius 2 is 1.60 bits per heavy atom. The number of aromatic hydroxyl groups is 1. The molecule has 12 heteroatoms. The van der Waals surface area contributed by atoms with Gasteiger partial charge in [-0.3, -0.25) is 9.52 Å². The van der Waals surface area contributed by atoms with Crippen LogP contribution in [0.15, 0.2) is 77.7 Å². The lowest BCUT2D eigenvalue weighted by Crippen LogP contribution is -2.43. The zero-order valence-corrected chi connectivity index (χ0v) is 25.4. The number of ether oxygens (including phenoxy) is 2. The third kappa shape index (κ3) is 10.3. The molecule has 0 radical (unpaired) electrons. The van der Waals surface area contributed by atoms with Crippen LogP contribution < -0.4 is 15.4 Å². The van der Waals surface area contributed by atoms with Gasteiger partial charge >= 0.3 is 12.1 Å². The summed E-state index contributed by atoms with van der Waals surface area (Å²) in [5, 5.41) is 15.8. The lowest BCUT2D eigenvalue weighted by atomic mass is 10.1. The van der Waals surface area contributed by atoms with Gasteiger partial charge in [-0.25, -0.2) is 18.0 Å². The molecule has 0 unspecified atom stereocenters. The number of anilines is 1. The number of benzene rings is 3. The molecule has 0 heterocycles. The molecule has 11 nitrogen and oxygen atoms in total. The SMILES string of the molecule is CCOC(=O)[C@H](Cc1ccccc1)NC(=O)c1ccc(NS(=O)(=O)c2ccc(CCNC(=O)OC(C)(C)C)cc2)cc1O. The van der Waals surface area contributed by atoms with E-state index in [4.69, 9.17) is 9.47 Å². The first-order valence-electron chi connectivity index (χ1n) is 13.7. The molecule has 4 N–H and O–H groups in total. The fourth-order valence-electron chi connectivity index (χ4n) is 3.98. The molecular formula is C31H37N3O8S. The van der Waals surface area contributed by atoms with Crippen molar-refractivity contribution in [3.8, 4) is 5.75 Å². The van der Waals surface area contributed by atoms with Crippen LogP contribution in [0.3, 0.4) is 0 Å². The van der Waals surface area contributed by atoms with Gasteiger partial charge in [0, 0.05) is 19.0 Å². The number of rotatable bonds is 12. The number of carbonyl (C=O) groups is 3. The zero-order chi connectivity index (χ0) is 31.6. The molecule has 3 aromatic rings. The Hall–Kier alpha value is -4.58. The minimum absolute atomic E-state index is 0.0177. The second-order valence-corrected chi connectivity index (χ2v) is 12.3. The lowest BCUT2D eigenvalue weighted by Gasteiger charge is -2.19. The molecule has 3 rings (SSSR count). The van der Waals surface area contributed by atoms with Crippen molar-refractivity contribution < 1.29 is 37.4 Å². The summed E-state index contributed by atoms with van der Waals surface area (Å²) in [7, 11) is -4.02. The summed E-state index contributed by atoms with van der Waals surface area (Å²) >= 11 is 0. The van der Waals surface area contributed by atoms with Crippen molar-refractivity contribution in [3.05, 3.63) is 89.5 Å². The maximum absolute atomic E-state index is 13.0. The van der Waals surface area contributed by atoms with Crippen LogP contribution in [-0.2, 0) is 37.1 Å². The van der Waals surface area contributed by atoms with E-state index in [9.17, 15) is 27.9 Å². The van der Waals surface area contributed by atoms with Crippen LogP contribution in [0.1, 0.15) is 49.2 Å². The molecule has 0 aromatic heterocycles. The van der Waals surface area contributed by atoms with E-state index in [1.54, 1.807) is 39.8 Å². The number of amides is 2. The molecule has 0 spiro atoms. The fourth-order valence-corrected chi connectivity index (χ4v) is 5.03. The molecule has 2 amide bonds. The van der Waals surface area contributed by atoms with E-state index in [0.29, 0.717) is 13.0 Å². The van der Waals surface area contributed by atoms with E-state index in [-0.39, 0.29) is 29.2 Å². The lowest BCUT2D eigenvalue weighted by molar-refractivity contribution is -0.145. The third-order valence-electron chi connectivity index (χ3n) is 5.97. The maximum Gasteiger partial charge on any atom is 0.407 e. The van der Waals surface area contributed by atoms with Crippen LogP contribution in [0.5, 0.6) is 5.75 Å². The van der Waals surface area contributed by atoms with Gasteiger partial charge in [0.2, 0.25) is 0 Å². The Morgan fingerprint density at radius 3 is 2.21 bits per heavy atom. The standard InChI is InChI=1S/C31H37N3O8S/c1-5-41-29(37)26(19-22-9-7-6-8-10-22)33-28(36)25-16-13-23(20-27(25)35)34-43(39,40)24-14-11-21(12-15-24)17-18-32-30(38)42-31(2,3)4/h6-16,20,26,34-35H,5,17-19H2,1-4H3,(H,32,38)(H,33,36)/t26-/m0/s1. The number of phenols is 1. The third-order valence-corrected chi connectivity index (χ3v) is 7.37. The molecule has 0 aliphatic heterocycles. The van der Waals surface area contributed by atoms with Gasteiger partial charge in [-0.05, 0) is 69.5 Å². The zero-order valence-electron chi connectivity index (χ0n) is 24.5. The Bertz CT molecular complexity index is 1520. The summed E-state index contributed by atoms with van der Waals surface area (Å²) in [5.74, 6) is -1.82. The second kappa shape index (κ2) is 14.5. The summed E-state index contributed by atoms with van der Waals surface area (Å²) in [6.07, 6.45) is 0.115. The number of phenolic OH excluding ortho intramolecular Hbond substituents is 1. The highest BCUT2D eigenvalue weighted by Gasteiger charge is 2.25. The quantitative estimate of drug-likeness (QED) is 0.222. The molecule has 0 aliphatic carbocycles. The van der Waals surface area contributed by atoms with E-state index in [1.165, 1.54) is 24.3 Å². The molecule has 0 saturated heterocycles. The molecule has 1 atom stereocenters. The normalized spacial score (nSPS) is 12.1. The summed E-state index contributed by atoms with van der Waals surface area (Å²) in [6.45, 7) is 7.40. The number of sulfonamides is 1. The van der Waals surface area contributed by atoms with Crippen molar-refractivity contribution >= 4 is 33.7 Å². The van der Waals surface area contributed by atoms with Gasteiger partial charge in [0.15, 0.2) is 0 Å². The van der Waals surface area contributed by atoms with E-state index in [2.05, 4.69) is 15.4 Å². The molecule has 0 bridgehead atoms. The van der Waals surface area contributed by atoms with Gasteiger partial charge in [0.25, 0.3) is 15.9 Å². The predicted octanol–water partition coefficient (Wildman–Crippen LogP) is 4.16. The summed E-state index contributed by atoms with van der Waals surface area (Å²) in [4.78, 5) is 37.2. The Kier molecular flexibility index (Phi) is 11.1. The highest BCUT2D eigenvalue weighted by Crippen LogP contribution is 2.25. The minimum Gasteiger partial charge on any atom is -0.507 e. The van der Waals surface area contributed by atoms with Gasteiger partial charge in [0.05, 0.1) is 22.8 Å². The molecule has 43 heavy (non-hydrogen) atoms. The molecular weight excluding hydrogens is 574 g/mol. The maximum atomic E-state index is 13.0. The van der Waals surface area contributed by atoms with Gasteiger partial charge in [0.1, 0.15) is 17.4 Å². The molecule has 0 fully saturated rings. The summed E-state index contributed by atoms with van der Waals surface area (Å²) in [6, 6.07) is 17.9. The van der Waals surface area contributed by atoms with Crippen LogP contribution in [0.25, 0.3) is 0 Å². The van der Waals surface area contributed by atoms with E-state index in [1.807, 2.05) is 30.3 Å². The van der Waals surface area contributed by atoms with Crippen LogP contribution in [0.2, 0.25) is 0 Å². The Balaban J connectivity index is 1.63. The second-order valence-electron chi connectivity index (χ2n) is 10.6. The Labute approximate surface area is 251 Å². The highest BCUT2D eigenvalue weighted by atomic mass is 32.2. The average Bonchev–Trinajstić information content (AvgIpc) is 2.92. The van der Waals surface area contributed by atoms with E-state index >= 15 is 0 Å². The number of hydrogen-bond donors (Lipinski definition) is 4. The average molecular weight is 612 g/mol. The molecule has 3 aromatic carbocycles. The summed E-state index contributed by atoms with van der Waals surface area (Å²) in [5.41, 5.74) is 0.893. The Morgan fingerprint density at radius 1 is 0.930 bits per heavy atom.